The average molecular weight is 279 g/mol. The van der Waals surface area contributed by atoms with Crippen LogP contribution in [0.1, 0.15) is 25.0 Å². The van der Waals surface area contributed by atoms with E-state index in [0.717, 1.165) is 5.69 Å². The van der Waals surface area contributed by atoms with Crippen molar-refractivity contribution in [1.29, 1.82) is 0 Å². The van der Waals surface area contributed by atoms with Crippen LogP contribution >= 0.6 is 10.1 Å². The van der Waals surface area contributed by atoms with Crippen molar-refractivity contribution in [2.45, 2.75) is 24.2 Å². The zero-order chi connectivity index (χ0) is 13.5. The molecule has 0 aliphatic carbocycles. The minimum Gasteiger partial charge on any atom is -0.254 e. The smallest absolute Gasteiger partial charge is 0.241 e. The first-order valence-electron chi connectivity index (χ1n) is 6.29. The van der Waals surface area contributed by atoms with Crippen LogP contribution < -0.4 is 0 Å². The number of nitrogens with zero attached hydrogens (tertiary/aromatic N) is 1. The standard InChI is InChI=1S/C16H15NS.Al/c1-16(2)12-8-4-5-9-13(12)17-15(16)11-7-3-6-10-14(11)18;/h3-10,18H,1-2H3;/q;+1/p-1. The van der Waals surface area contributed by atoms with E-state index in [1.807, 2.05) is 0 Å². The molecule has 92 valence electrons. The summed E-state index contributed by atoms with van der Waals surface area (Å²) in [5.74, 6) is 0. The summed E-state index contributed by atoms with van der Waals surface area (Å²) in [5.41, 5.74) is 4.79. The maximum atomic E-state index is 4.88. The van der Waals surface area contributed by atoms with E-state index in [1.165, 1.54) is 21.7 Å². The molecule has 2 aromatic carbocycles. The second kappa shape index (κ2) is 4.83. The van der Waals surface area contributed by atoms with Crippen LogP contribution in [0.15, 0.2) is 58.4 Å². The summed E-state index contributed by atoms with van der Waals surface area (Å²) in [4.78, 5) is 6.13. The lowest BCUT2D eigenvalue weighted by Gasteiger charge is -2.23. The number of hydrogen-bond donors (Lipinski definition) is 0. The fourth-order valence-corrected chi connectivity index (χ4v) is 3.71. The lowest BCUT2D eigenvalue weighted by Crippen LogP contribution is -2.26. The number of benzene rings is 2. The number of hydrogen-bond acceptors (Lipinski definition) is 2. The van der Waals surface area contributed by atoms with Crippen molar-refractivity contribution in [3.63, 3.8) is 0 Å². The molecule has 2 radical (unpaired) electrons. The molecule has 1 aliphatic heterocycles. The molecule has 0 spiro atoms. The summed E-state index contributed by atoms with van der Waals surface area (Å²) in [6.07, 6.45) is 0. The fraction of sp³-hybridized carbons (Fsp3) is 0.188. The summed E-state index contributed by atoms with van der Waals surface area (Å²) in [6.45, 7) is 4.50. The van der Waals surface area contributed by atoms with E-state index in [4.69, 9.17) is 4.99 Å². The zero-order valence-electron chi connectivity index (χ0n) is 11.1. The highest BCUT2D eigenvalue weighted by atomic mass is 32.3. The van der Waals surface area contributed by atoms with Crippen molar-refractivity contribution in [3.8, 4) is 0 Å². The SMILES string of the molecule is CC1(C)C(c2ccccc2[S][Al])=Nc2ccccc21. The average Bonchev–Trinajstić information content (AvgIpc) is 2.71. The van der Waals surface area contributed by atoms with Crippen LogP contribution in [0, 0.1) is 0 Å². The van der Waals surface area contributed by atoms with Crippen LogP contribution in [0.4, 0.5) is 5.69 Å². The predicted molar refractivity (Wildman–Crippen MR) is 83.7 cm³/mol. The van der Waals surface area contributed by atoms with Gasteiger partial charge in [0.1, 0.15) is 0 Å². The Morgan fingerprint density at radius 3 is 2.42 bits per heavy atom. The second-order valence-electron chi connectivity index (χ2n) is 5.22. The molecule has 2 aromatic rings. The highest BCUT2D eigenvalue weighted by Gasteiger charge is 2.35. The van der Waals surface area contributed by atoms with E-state index >= 15 is 0 Å². The topological polar surface area (TPSA) is 12.4 Å². The molecule has 1 aliphatic rings. The molecule has 0 bridgehead atoms. The van der Waals surface area contributed by atoms with Crippen molar-refractivity contribution in [2.75, 3.05) is 0 Å². The molecule has 3 heteroatoms. The van der Waals surface area contributed by atoms with Gasteiger partial charge < -0.3 is 0 Å². The molecule has 0 saturated heterocycles. The van der Waals surface area contributed by atoms with Gasteiger partial charge in [-0.05, 0) is 22.6 Å². The molecule has 0 saturated carbocycles. The van der Waals surface area contributed by atoms with Crippen molar-refractivity contribution >= 4 is 36.7 Å². The molecule has 1 heterocycles. The van der Waals surface area contributed by atoms with Gasteiger partial charge in [-0.1, -0.05) is 50.2 Å². The number of aliphatic imine (C=N–C) groups is 1. The van der Waals surface area contributed by atoms with Gasteiger partial charge in [0.25, 0.3) is 0 Å². The molecule has 0 unspecified atom stereocenters. The van der Waals surface area contributed by atoms with Gasteiger partial charge in [0.05, 0.1) is 11.4 Å². The summed E-state index contributed by atoms with van der Waals surface area (Å²) < 4.78 is 0. The third-order valence-corrected chi connectivity index (χ3v) is 5.04. The van der Waals surface area contributed by atoms with Gasteiger partial charge >= 0.3 is 0 Å². The highest BCUT2D eigenvalue weighted by molar-refractivity contribution is 8.19. The van der Waals surface area contributed by atoms with Crippen LogP contribution in [-0.4, -0.2) is 20.9 Å². The molecule has 3 rings (SSSR count). The van der Waals surface area contributed by atoms with Crippen molar-refractivity contribution in [1.82, 2.24) is 0 Å². The van der Waals surface area contributed by atoms with E-state index in [0.29, 0.717) is 0 Å². The van der Waals surface area contributed by atoms with Crippen LogP contribution in [0.25, 0.3) is 0 Å². The Hall–Kier alpha value is -1.01. The second-order valence-corrected chi connectivity index (χ2v) is 6.60. The van der Waals surface area contributed by atoms with Gasteiger partial charge in [-0.2, -0.15) is 0 Å². The van der Waals surface area contributed by atoms with Crippen LogP contribution in [0.2, 0.25) is 0 Å². The summed E-state index contributed by atoms with van der Waals surface area (Å²) in [5, 5.41) is 0. The molecular formula is C16H14AlNS. The quantitative estimate of drug-likeness (QED) is 0.748. The fourth-order valence-electron chi connectivity index (χ4n) is 2.65. The first-order valence-corrected chi connectivity index (χ1v) is 8.59. The van der Waals surface area contributed by atoms with Crippen LogP contribution in [-0.2, 0) is 5.41 Å². The number of rotatable bonds is 2. The van der Waals surface area contributed by atoms with Crippen molar-refractivity contribution in [2.24, 2.45) is 4.99 Å². The normalized spacial score (nSPS) is 16.0. The molecule has 0 atom stereocenters. The Kier molecular flexibility index (Phi) is 3.31. The Labute approximate surface area is 125 Å². The monoisotopic (exact) mass is 279 g/mol. The first kappa shape index (κ1) is 13.0. The van der Waals surface area contributed by atoms with Gasteiger partial charge in [0, 0.05) is 11.0 Å². The highest BCUT2D eigenvalue weighted by Crippen LogP contribution is 2.42. The zero-order valence-corrected chi connectivity index (χ0v) is 13.0. The third kappa shape index (κ3) is 2.07. The van der Waals surface area contributed by atoms with Gasteiger partial charge in [0.2, 0.25) is 15.2 Å². The number of para-hydroxylation sites is 1. The van der Waals surface area contributed by atoms with Crippen molar-refractivity contribution < 1.29 is 0 Å². The first-order chi connectivity index (χ1) is 9.14. The molecule has 19 heavy (non-hydrogen) atoms. The summed E-state index contributed by atoms with van der Waals surface area (Å²) in [7, 11) is 1.70. The van der Waals surface area contributed by atoms with E-state index in [2.05, 4.69) is 77.5 Å². The Morgan fingerprint density at radius 1 is 1.00 bits per heavy atom. The van der Waals surface area contributed by atoms with E-state index in [9.17, 15) is 0 Å². The molecule has 0 fully saturated rings. The van der Waals surface area contributed by atoms with Gasteiger partial charge in [-0.25, -0.2) is 0 Å². The minimum absolute atomic E-state index is 0.0346. The minimum atomic E-state index is -0.0346. The molecule has 0 aromatic heterocycles. The van der Waals surface area contributed by atoms with E-state index in [1.54, 1.807) is 10.1 Å². The van der Waals surface area contributed by atoms with Crippen LogP contribution in [0.3, 0.4) is 0 Å². The van der Waals surface area contributed by atoms with Crippen molar-refractivity contribution in [3.05, 3.63) is 59.7 Å². The summed E-state index contributed by atoms with van der Waals surface area (Å²) >= 11 is 2.73. The number of fused-ring (bicyclic) bond motifs is 1. The lowest BCUT2D eigenvalue weighted by molar-refractivity contribution is 0.736. The molecule has 0 N–H and O–H groups in total. The summed E-state index contributed by atoms with van der Waals surface area (Å²) in [6, 6.07) is 16.9. The Bertz CT molecular complexity index is 661. The maximum absolute atomic E-state index is 4.88. The predicted octanol–water partition coefficient (Wildman–Crippen LogP) is 4.27. The van der Waals surface area contributed by atoms with Gasteiger partial charge in [-0.3, -0.25) is 15.1 Å². The third-order valence-electron chi connectivity index (χ3n) is 3.67. The molecule has 1 nitrogen and oxygen atoms in total. The Morgan fingerprint density at radius 2 is 1.68 bits per heavy atom. The maximum Gasteiger partial charge on any atom is 0.241 e. The van der Waals surface area contributed by atoms with Gasteiger partial charge in [-0.15, -0.1) is 0 Å². The Balaban J connectivity index is 2.18. The molecular weight excluding hydrogens is 265 g/mol. The van der Waals surface area contributed by atoms with Crippen LogP contribution in [0.5, 0.6) is 0 Å². The molecule has 0 amide bonds. The lowest BCUT2D eigenvalue weighted by atomic mass is 9.79. The van der Waals surface area contributed by atoms with Gasteiger partial charge in [0.15, 0.2) is 0 Å². The largest absolute Gasteiger partial charge is 0.254 e. The van der Waals surface area contributed by atoms with E-state index in [-0.39, 0.29) is 5.41 Å². The van der Waals surface area contributed by atoms with E-state index < -0.39 is 0 Å².